The summed E-state index contributed by atoms with van der Waals surface area (Å²) < 4.78 is 25.9. The molecule has 2 nitrogen and oxygen atoms in total. The fourth-order valence-corrected chi connectivity index (χ4v) is 1.22. The van der Waals surface area contributed by atoms with Gasteiger partial charge < -0.3 is 10.4 Å². The van der Waals surface area contributed by atoms with Gasteiger partial charge in [0.15, 0.2) is 0 Å². The number of hydrogen-bond acceptors (Lipinski definition) is 2. The summed E-state index contributed by atoms with van der Waals surface area (Å²) in [6, 6.07) is 2.00. The van der Waals surface area contributed by atoms with E-state index in [9.17, 15) is 8.78 Å². The van der Waals surface area contributed by atoms with Crippen molar-refractivity contribution in [3.05, 3.63) is 29.3 Å². The van der Waals surface area contributed by atoms with Crippen LogP contribution in [0.4, 0.5) is 14.5 Å². The lowest BCUT2D eigenvalue weighted by molar-refractivity contribution is 0.211. The average molecular weight is 236 g/mol. The Labute approximate surface area is 91.9 Å². The number of halogens is 3. The zero-order valence-electron chi connectivity index (χ0n) is 8.23. The van der Waals surface area contributed by atoms with E-state index in [1.807, 2.05) is 0 Å². The number of anilines is 1. The van der Waals surface area contributed by atoms with Gasteiger partial charge in [0.1, 0.15) is 11.6 Å². The molecule has 0 fully saturated rings. The Bertz CT molecular complexity index is 346. The van der Waals surface area contributed by atoms with E-state index in [0.717, 1.165) is 6.07 Å². The van der Waals surface area contributed by atoms with Gasteiger partial charge in [-0.1, -0.05) is 0 Å². The Balaban J connectivity index is 2.76. The van der Waals surface area contributed by atoms with Crippen molar-refractivity contribution >= 4 is 17.3 Å². The van der Waals surface area contributed by atoms with Crippen molar-refractivity contribution in [2.75, 3.05) is 17.7 Å². The average Bonchev–Trinajstić information content (AvgIpc) is 2.20. The quantitative estimate of drug-likeness (QED) is 0.785. The third-order valence-corrected chi connectivity index (χ3v) is 2.37. The molecule has 0 amide bonds. The molecule has 0 aliphatic carbocycles. The van der Waals surface area contributed by atoms with Gasteiger partial charge in [0.25, 0.3) is 0 Å². The number of rotatable bonds is 4. The maximum Gasteiger partial charge on any atom is 0.131 e. The first kappa shape index (κ1) is 12.2. The van der Waals surface area contributed by atoms with Gasteiger partial charge in [-0.05, 0) is 13.0 Å². The second kappa shape index (κ2) is 5.28. The highest BCUT2D eigenvalue weighted by Gasteiger charge is 2.08. The van der Waals surface area contributed by atoms with Crippen LogP contribution in [-0.4, -0.2) is 23.6 Å². The second-order valence-electron chi connectivity index (χ2n) is 3.25. The van der Waals surface area contributed by atoms with Crippen LogP contribution in [0.1, 0.15) is 5.56 Å². The lowest BCUT2D eigenvalue weighted by atomic mass is 10.2. The molecule has 1 aromatic rings. The Morgan fingerprint density at radius 2 is 2.13 bits per heavy atom. The molecule has 0 radical (unpaired) electrons. The zero-order valence-corrected chi connectivity index (χ0v) is 8.98. The van der Waals surface area contributed by atoms with E-state index in [-0.39, 0.29) is 12.4 Å². The van der Waals surface area contributed by atoms with E-state index in [4.69, 9.17) is 16.7 Å². The van der Waals surface area contributed by atoms with Crippen LogP contribution >= 0.6 is 11.6 Å². The smallest absolute Gasteiger partial charge is 0.131 e. The standard InChI is InChI=1S/C10H12ClF2NO/c1-6-9(13)2-7(12)3-10(6)14-5-8(15)4-11/h2-3,8,14-15H,4-5H2,1H3. The van der Waals surface area contributed by atoms with Crippen LogP contribution in [-0.2, 0) is 0 Å². The first-order valence-corrected chi connectivity index (χ1v) is 5.01. The minimum atomic E-state index is -0.739. The lowest BCUT2D eigenvalue weighted by Gasteiger charge is -2.12. The summed E-state index contributed by atoms with van der Waals surface area (Å²) in [5, 5.41) is 11.9. The Morgan fingerprint density at radius 3 is 2.73 bits per heavy atom. The molecule has 1 atom stereocenters. The van der Waals surface area contributed by atoms with Crippen molar-refractivity contribution in [3.8, 4) is 0 Å². The molecule has 0 aliphatic heterocycles. The van der Waals surface area contributed by atoms with Crippen LogP contribution in [0.5, 0.6) is 0 Å². The topological polar surface area (TPSA) is 32.3 Å². The van der Waals surface area contributed by atoms with Crippen molar-refractivity contribution in [2.24, 2.45) is 0 Å². The molecule has 1 unspecified atom stereocenters. The van der Waals surface area contributed by atoms with Crippen molar-refractivity contribution in [2.45, 2.75) is 13.0 Å². The van der Waals surface area contributed by atoms with Crippen molar-refractivity contribution in [1.82, 2.24) is 0 Å². The molecule has 0 saturated heterocycles. The number of alkyl halides is 1. The third-order valence-electron chi connectivity index (χ3n) is 2.02. The number of aliphatic hydroxyl groups excluding tert-OH is 1. The molecule has 2 N–H and O–H groups in total. The number of aliphatic hydroxyl groups is 1. The van der Waals surface area contributed by atoms with Crippen LogP contribution in [0.25, 0.3) is 0 Å². The molecular formula is C10H12ClF2NO. The van der Waals surface area contributed by atoms with Gasteiger partial charge in [-0.2, -0.15) is 0 Å². The van der Waals surface area contributed by atoms with Crippen molar-refractivity contribution in [3.63, 3.8) is 0 Å². The van der Waals surface area contributed by atoms with Crippen LogP contribution < -0.4 is 5.32 Å². The normalized spacial score (nSPS) is 12.6. The number of nitrogens with one attached hydrogen (secondary N) is 1. The SMILES string of the molecule is Cc1c(F)cc(F)cc1NCC(O)CCl. The maximum atomic E-state index is 13.1. The van der Waals surface area contributed by atoms with Crippen LogP contribution in [0.15, 0.2) is 12.1 Å². The van der Waals surface area contributed by atoms with Gasteiger partial charge in [0.05, 0.1) is 12.0 Å². The first-order chi connectivity index (χ1) is 7.04. The summed E-state index contributed by atoms with van der Waals surface area (Å²) in [5.41, 5.74) is 0.648. The summed E-state index contributed by atoms with van der Waals surface area (Å²) >= 11 is 5.38. The number of benzene rings is 1. The lowest BCUT2D eigenvalue weighted by Crippen LogP contribution is -2.21. The summed E-state index contributed by atoms with van der Waals surface area (Å²) in [4.78, 5) is 0. The van der Waals surface area contributed by atoms with Crippen LogP contribution in [0, 0.1) is 18.6 Å². The minimum Gasteiger partial charge on any atom is -0.390 e. The molecule has 0 heterocycles. The zero-order chi connectivity index (χ0) is 11.4. The molecule has 5 heteroatoms. The molecule has 0 bridgehead atoms. The summed E-state index contributed by atoms with van der Waals surface area (Å²) in [6.07, 6.45) is -0.739. The molecule has 0 aromatic heterocycles. The molecule has 84 valence electrons. The van der Waals surface area contributed by atoms with Gasteiger partial charge in [0, 0.05) is 23.9 Å². The van der Waals surface area contributed by atoms with Gasteiger partial charge in [-0.3, -0.25) is 0 Å². The maximum absolute atomic E-state index is 13.1. The molecule has 0 spiro atoms. The first-order valence-electron chi connectivity index (χ1n) is 4.48. The summed E-state index contributed by atoms with van der Waals surface area (Å²) in [6.45, 7) is 1.69. The molecule has 1 aromatic carbocycles. The molecule has 1 rings (SSSR count). The fourth-order valence-electron chi connectivity index (χ4n) is 1.11. The molecular weight excluding hydrogens is 224 g/mol. The monoisotopic (exact) mass is 235 g/mol. The predicted octanol–water partition coefficient (Wildman–Crippen LogP) is 2.28. The van der Waals surface area contributed by atoms with E-state index in [0.29, 0.717) is 11.3 Å². The fraction of sp³-hybridized carbons (Fsp3) is 0.400. The summed E-state index contributed by atoms with van der Waals surface area (Å²) in [5.74, 6) is -1.19. The molecule has 0 aliphatic rings. The van der Waals surface area contributed by atoms with Crippen molar-refractivity contribution in [1.29, 1.82) is 0 Å². The highest BCUT2D eigenvalue weighted by atomic mass is 35.5. The highest BCUT2D eigenvalue weighted by Crippen LogP contribution is 2.19. The molecule has 15 heavy (non-hydrogen) atoms. The van der Waals surface area contributed by atoms with E-state index in [1.165, 1.54) is 13.0 Å². The van der Waals surface area contributed by atoms with Gasteiger partial charge in [0.2, 0.25) is 0 Å². The van der Waals surface area contributed by atoms with Gasteiger partial charge in [-0.15, -0.1) is 11.6 Å². The van der Waals surface area contributed by atoms with E-state index in [2.05, 4.69) is 5.32 Å². The van der Waals surface area contributed by atoms with Crippen LogP contribution in [0.3, 0.4) is 0 Å². The Hall–Kier alpha value is -0.870. The van der Waals surface area contributed by atoms with E-state index < -0.39 is 17.7 Å². The van der Waals surface area contributed by atoms with Crippen molar-refractivity contribution < 1.29 is 13.9 Å². The Morgan fingerprint density at radius 1 is 1.47 bits per heavy atom. The van der Waals surface area contributed by atoms with E-state index >= 15 is 0 Å². The minimum absolute atomic E-state index is 0.0733. The van der Waals surface area contributed by atoms with Gasteiger partial charge >= 0.3 is 0 Å². The molecule has 0 saturated carbocycles. The Kier molecular flexibility index (Phi) is 4.29. The number of hydrogen-bond donors (Lipinski definition) is 2. The second-order valence-corrected chi connectivity index (χ2v) is 3.56. The summed E-state index contributed by atoms with van der Waals surface area (Å²) in [7, 11) is 0. The third kappa shape index (κ3) is 3.32. The predicted molar refractivity (Wildman–Crippen MR) is 56.3 cm³/mol. The highest BCUT2D eigenvalue weighted by molar-refractivity contribution is 6.18. The largest absolute Gasteiger partial charge is 0.390 e. The van der Waals surface area contributed by atoms with Crippen LogP contribution in [0.2, 0.25) is 0 Å². The van der Waals surface area contributed by atoms with Gasteiger partial charge in [-0.25, -0.2) is 8.78 Å². The van der Waals surface area contributed by atoms with E-state index in [1.54, 1.807) is 0 Å².